The van der Waals surface area contributed by atoms with E-state index in [2.05, 4.69) is 27.4 Å². The summed E-state index contributed by atoms with van der Waals surface area (Å²) >= 11 is 0. The summed E-state index contributed by atoms with van der Waals surface area (Å²) in [5.74, 6) is 0.310. The molecule has 0 radical (unpaired) electrons. The van der Waals surface area contributed by atoms with E-state index in [4.69, 9.17) is 23.7 Å². The van der Waals surface area contributed by atoms with Crippen molar-refractivity contribution < 1.29 is 28.1 Å². The first-order valence-corrected chi connectivity index (χ1v) is 12.3. The highest BCUT2D eigenvalue weighted by atomic mass is 19.1. The van der Waals surface area contributed by atoms with Crippen LogP contribution < -0.4 is 0 Å². The molecule has 11 rings (SSSR count). The average Bonchev–Trinajstić information content (AvgIpc) is 3.41. The van der Waals surface area contributed by atoms with Crippen LogP contribution in [0.15, 0.2) is 12.2 Å². The third kappa shape index (κ3) is 2.08. The molecule has 2 spiro atoms. The Balaban J connectivity index is 1.42. The lowest BCUT2D eigenvalue weighted by Gasteiger charge is -2.65. The van der Waals surface area contributed by atoms with Gasteiger partial charge in [0, 0.05) is 17.3 Å². The van der Waals surface area contributed by atoms with Crippen LogP contribution in [0.4, 0.5) is 4.39 Å². The smallest absolute Gasteiger partial charge is 0.198 e. The number of ether oxygens (including phenoxy) is 5. The Hall–Kier alpha value is -0.530. The summed E-state index contributed by atoms with van der Waals surface area (Å²) in [4.78, 5) is 0. The van der Waals surface area contributed by atoms with Gasteiger partial charge in [-0.25, -0.2) is 4.39 Å². The predicted molar refractivity (Wildman–Crippen MR) is 110 cm³/mol. The highest BCUT2D eigenvalue weighted by Gasteiger charge is 2.83. The van der Waals surface area contributed by atoms with Crippen LogP contribution in [-0.4, -0.2) is 62.3 Å². The monoisotopic (exact) mass is 434 g/mol. The molecule has 7 aliphatic heterocycles. The lowest BCUT2D eigenvalue weighted by atomic mass is 9.41. The lowest BCUT2D eigenvalue weighted by molar-refractivity contribution is -0.374. The van der Waals surface area contributed by atoms with E-state index in [-0.39, 0.29) is 52.5 Å². The number of halogens is 1. The summed E-state index contributed by atoms with van der Waals surface area (Å²) in [5, 5.41) is 0. The zero-order chi connectivity index (χ0) is 21.4. The van der Waals surface area contributed by atoms with Crippen molar-refractivity contribution in [3.63, 3.8) is 0 Å². The maximum Gasteiger partial charge on any atom is 0.198 e. The molecule has 11 fully saturated rings. The summed E-state index contributed by atoms with van der Waals surface area (Å²) in [5.41, 5.74) is 0.616. The van der Waals surface area contributed by atoms with Crippen molar-refractivity contribution in [1.82, 2.24) is 0 Å². The molecule has 6 heteroatoms. The Morgan fingerprint density at radius 1 is 1.00 bits per heavy atom. The predicted octanol–water partition coefficient (Wildman–Crippen LogP) is 3.66. The Morgan fingerprint density at radius 3 is 2.45 bits per heavy atom. The van der Waals surface area contributed by atoms with Crippen molar-refractivity contribution in [3.05, 3.63) is 12.2 Å². The van der Waals surface area contributed by atoms with Gasteiger partial charge in [0.2, 0.25) is 0 Å². The largest absolute Gasteiger partial charge is 0.372 e. The van der Waals surface area contributed by atoms with E-state index >= 15 is 4.39 Å². The first kappa shape index (κ1) is 19.9. The topological polar surface area (TPSA) is 49.5 Å². The van der Waals surface area contributed by atoms with Crippen LogP contribution in [-0.2, 0) is 23.7 Å². The summed E-state index contributed by atoms with van der Waals surface area (Å²) in [7, 11) is 0. The first-order valence-electron chi connectivity index (χ1n) is 12.3. The molecular formula is C25H35FO5. The number of hydrogen-bond acceptors (Lipinski definition) is 5. The fourth-order valence-electron chi connectivity index (χ4n) is 9.57. The Kier molecular flexibility index (Phi) is 3.81. The van der Waals surface area contributed by atoms with E-state index in [0.717, 1.165) is 12.8 Å². The third-order valence-corrected chi connectivity index (χ3v) is 11.1. The second-order valence-electron chi connectivity index (χ2n) is 11.8. The SMILES string of the molecule is C=C1[C@@H]2C3CC[C@]4(C)C(OCCOC56CC7(O[C@H]17)[C@]3(C)[C@H](C)C5OCCO6)[C@H](F)C[C@@H]24. The lowest BCUT2D eigenvalue weighted by Crippen LogP contribution is -2.72. The molecule has 11 aliphatic rings. The van der Waals surface area contributed by atoms with E-state index in [0.29, 0.717) is 45.2 Å². The van der Waals surface area contributed by atoms with Crippen LogP contribution in [0, 0.1) is 34.5 Å². The number of rotatable bonds is 0. The maximum atomic E-state index is 15.4. The highest BCUT2D eigenvalue weighted by Crippen LogP contribution is 2.77. The molecule has 12 atom stereocenters. The van der Waals surface area contributed by atoms with Gasteiger partial charge in [0.05, 0.1) is 32.5 Å². The molecule has 8 bridgehead atoms. The molecule has 4 aliphatic carbocycles. The summed E-state index contributed by atoms with van der Waals surface area (Å²) in [6, 6.07) is 0. The van der Waals surface area contributed by atoms with Gasteiger partial charge in [-0.3, -0.25) is 0 Å². The second-order valence-corrected chi connectivity index (χ2v) is 11.8. The maximum absolute atomic E-state index is 15.4. The summed E-state index contributed by atoms with van der Waals surface area (Å²) in [6.45, 7) is 13.4. The van der Waals surface area contributed by atoms with Gasteiger partial charge in [-0.1, -0.05) is 27.4 Å². The first-order chi connectivity index (χ1) is 14.8. The molecule has 172 valence electrons. The van der Waals surface area contributed by atoms with E-state index in [1.807, 2.05) is 0 Å². The number of hydrogen-bond donors (Lipinski definition) is 0. The van der Waals surface area contributed by atoms with Gasteiger partial charge >= 0.3 is 0 Å². The van der Waals surface area contributed by atoms with E-state index in [1.165, 1.54) is 5.57 Å². The molecule has 5 unspecified atom stereocenters. The zero-order valence-corrected chi connectivity index (χ0v) is 18.9. The standard InChI is InChI=1S/C25H35FO5/c1-13-18-15-5-6-22(3)16(18)11-17(26)21(22)28-8-10-30-25-12-24(19(13)31-24)23(15,4)14(2)20(25)27-7-9-29-25/h14-21H,1,5-12H2,2-4H3/t14-,15?,16+,17-,18-,19-,20?,21?,22+,23-,24?,25?/m1/s1. The van der Waals surface area contributed by atoms with Crippen molar-refractivity contribution in [1.29, 1.82) is 0 Å². The van der Waals surface area contributed by atoms with Gasteiger partial charge in [0.1, 0.15) is 24.0 Å². The molecule has 4 saturated carbocycles. The Morgan fingerprint density at radius 2 is 1.71 bits per heavy atom. The quantitative estimate of drug-likeness (QED) is 0.430. The molecule has 0 aromatic heterocycles. The molecule has 0 aromatic carbocycles. The molecule has 0 N–H and O–H groups in total. The molecule has 5 nitrogen and oxygen atoms in total. The van der Waals surface area contributed by atoms with Crippen LogP contribution in [0.25, 0.3) is 0 Å². The summed E-state index contributed by atoms with van der Waals surface area (Å²) < 4.78 is 47.6. The van der Waals surface area contributed by atoms with Crippen molar-refractivity contribution >= 4 is 0 Å². The average molecular weight is 435 g/mol. The molecule has 7 saturated heterocycles. The minimum absolute atomic E-state index is 0.00860. The molecular weight excluding hydrogens is 399 g/mol. The van der Waals surface area contributed by atoms with Gasteiger partial charge < -0.3 is 23.7 Å². The van der Waals surface area contributed by atoms with Gasteiger partial charge in [0.15, 0.2) is 5.79 Å². The van der Waals surface area contributed by atoms with E-state index in [1.54, 1.807) is 0 Å². The Bertz CT molecular complexity index is 835. The fraction of sp³-hybridized carbons (Fsp3) is 0.920. The number of epoxide rings is 1. The van der Waals surface area contributed by atoms with Gasteiger partial charge in [-0.05, 0) is 48.5 Å². The second kappa shape index (κ2) is 5.93. The minimum atomic E-state index is -0.932. The van der Waals surface area contributed by atoms with Crippen molar-refractivity contribution in [2.75, 3.05) is 26.4 Å². The zero-order valence-electron chi connectivity index (χ0n) is 18.9. The Labute approximate surface area is 184 Å². The van der Waals surface area contributed by atoms with Gasteiger partial charge in [0.25, 0.3) is 0 Å². The molecule has 7 heterocycles. The third-order valence-electron chi connectivity index (χ3n) is 11.1. The molecule has 0 aromatic rings. The fourth-order valence-corrected chi connectivity index (χ4v) is 9.57. The van der Waals surface area contributed by atoms with Crippen LogP contribution >= 0.6 is 0 Å². The molecule has 0 amide bonds. The number of alkyl halides is 1. The van der Waals surface area contributed by atoms with Crippen LogP contribution in [0.2, 0.25) is 0 Å². The van der Waals surface area contributed by atoms with Gasteiger partial charge in [-0.2, -0.15) is 0 Å². The van der Waals surface area contributed by atoms with Crippen molar-refractivity contribution in [3.8, 4) is 0 Å². The van der Waals surface area contributed by atoms with E-state index < -0.39 is 12.0 Å². The van der Waals surface area contributed by atoms with Crippen molar-refractivity contribution in [2.24, 2.45) is 34.5 Å². The highest BCUT2D eigenvalue weighted by molar-refractivity contribution is 5.39. The molecule has 31 heavy (non-hydrogen) atoms. The van der Waals surface area contributed by atoms with Crippen LogP contribution in [0.1, 0.15) is 46.5 Å². The summed E-state index contributed by atoms with van der Waals surface area (Å²) in [6.07, 6.45) is 1.87. The van der Waals surface area contributed by atoms with Gasteiger partial charge in [-0.15, -0.1) is 0 Å². The normalized spacial score (nSPS) is 64.3. The van der Waals surface area contributed by atoms with Crippen molar-refractivity contribution in [2.45, 2.75) is 82.3 Å². The van der Waals surface area contributed by atoms with Crippen LogP contribution in [0.5, 0.6) is 0 Å². The van der Waals surface area contributed by atoms with Crippen LogP contribution in [0.3, 0.4) is 0 Å². The van der Waals surface area contributed by atoms with E-state index in [9.17, 15) is 0 Å². The minimum Gasteiger partial charge on any atom is -0.372 e.